The van der Waals surface area contributed by atoms with Gasteiger partial charge in [0.25, 0.3) is 0 Å². The van der Waals surface area contributed by atoms with Gasteiger partial charge in [-0.25, -0.2) is 10.0 Å². The summed E-state index contributed by atoms with van der Waals surface area (Å²) < 4.78 is 0. The number of hydrogen-bond donors (Lipinski definition) is 0. The topological polar surface area (TPSA) is 40.6 Å². The Morgan fingerprint density at radius 3 is 2.42 bits per heavy atom. The predicted molar refractivity (Wildman–Crippen MR) is 103 cm³/mol. The molecule has 1 aliphatic heterocycles. The summed E-state index contributed by atoms with van der Waals surface area (Å²) in [5, 5.41) is 7.59. The van der Waals surface area contributed by atoms with E-state index in [0.29, 0.717) is 12.8 Å². The minimum atomic E-state index is -0.107. The molecule has 26 heavy (non-hydrogen) atoms. The molecule has 1 amide bonds. The van der Waals surface area contributed by atoms with E-state index in [1.807, 2.05) is 48.7 Å². The first-order valence-corrected chi connectivity index (χ1v) is 9.84. The van der Waals surface area contributed by atoms with Crippen molar-refractivity contribution in [1.29, 1.82) is 0 Å². The standard InChI is InChI=1S/C21H22N2O2S/c1-22(2)23-18-10-16(14-6-4-3-5-7-14)11-19(24)21(18)17(12-20(23)25)15-8-9-26-13-15/h3-9,13,16-17H,10-12H2,1-2H3/t16-,17-/m1/s1. The average Bonchev–Trinajstić information content (AvgIpc) is 3.15. The molecule has 0 spiro atoms. The third-order valence-electron chi connectivity index (χ3n) is 5.32. The third kappa shape index (κ3) is 2.91. The normalized spacial score (nSPS) is 23.6. The third-order valence-corrected chi connectivity index (χ3v) is 6.02. The molecule has 2 aromatic rings. The average molecular weight is 366 g/mol. The fraction of sp³-hybridized carbons (Fsp3) is 0.333. The van der Waals surface area contributed by atoms with E-state index < -0.39 is 0 Å². The number of hydrogen-bond acceptors (Lipinski definition) is 4. The summed E-state index contributed by atoms with van der Waals surface area (Å²) in [5.74, 6) is 0.255. The van der Waals surface area contributed by atoms with Gasteiger partial charge in [-0.1, -0.05) is 30.3 Å². The van der Waals surface area contributed by atoms with Gasteiger partial charge in [-0.3, -0.25) is 9.59 Å². The lowest BCUT2D eigenvalue weighted by Gasteiger charge is -2.42. The van der Waals surface area contributed by atoms with Crippen LogP contribution in [0.4, 0.5) is 0 Å². The van der Waals surface area contributed by atoms with Crippen molar-refractivity contribution in [2.75, 3.05) is 14.1 Å². The molecule has 1 aliphatic carbocycles. The van der Waals surface area contributed by atoms with Gasteiger partial charge >= 0.3 is 0 Å². The predicted octanol–water partition coefficient (Wildman–Crippen LogP) is 3.94. The number of amides is 1. The maximum absolute atomic E-state index is 13.2. The molecule has 1 aromatic carbocycles. The number of carbonyl (C=O) groups is 2. The van der Waals surface area contributed by atoms with Crippen LogP contribution in [-0.2, 0) is 9.59 Å². The van der Waals surface area contributed by atoms with Gasteiger partial charge in [0.1, 0.15) is 0 Å². The van der Waals surface area contributed by atoms with Crippen LogP contribution < -0.4 is 0 Å². The number of benzene rings is 1. The molecule has 134 valence electrons. The molecule has 5 heteroatoms. The molecule has 4 nitrogen and oxygen atoms in total. The zero-order valence-corrected chi connectivity index (χ0v) is 15.8. The molecule has 2 aliphatic rings. The molecule has 0 radical (unpaired) electrons. The maximum Gasteiger partial charge on any atom is 0.242 e. The van der Waals surface area contributed by atoms with Gasteiger partial charge in [0.15, 0.2) is 5.78 Å². The number of allylic oxidation sites excluding steroid dienone is 2. The fourth-order valence-electron chi connectivity index (χ4n) is 4.20. The monoisotopic (exact) mass is 366 g/mol. The Bertz CT molecular complexity index is 855. The lowest BCUT2D eigenvalue weighted by Crippen LogP contribution is -2.47. The number of thiophene rings is 1. The largest absolute Gasteiger partial charge is 0.294 e. The van der Waals surface area contributed by atoms with Gasteiger partial charge in [0, 0.05) is 44.1 Å². The second-order valence-electron chi connectivity index (χ2n) is 7.17. The van der Waals surface area contributed by atoms with E-state index in [4.69, 9.17) is 0 Å². The molecule has 4 rings (SSSR count). The summed E-state index contributed by atoms with van der Waals surface area (Å²) >= 11 is 1.61. The highest BCUT2D eigenvalue weighted by Gasteiger charge is 2.42. The molecule has 0 saturated carbocycles. The molecule has 2 atom stereocenters. The molecule has 0 N–H and O–H groups in total. The van der Waals surface area contributed by atoms with Crippen LogP contribution in [0.5, 0.6) is 0 Å². The van der Waals surface area contributed by atoms with E-state index in [-0.39, 0.29) is 23.5 Å². The lowest BCUT2D eigenvalue weighted by atomic mass is 9.73. The zero-order chi connectivity index (χ0) is 18.3. The van der Waals surface area contributed by atoms with Gasteiger partial charge in [-0.05, 0) is 40.3 Å². The van der Waals surface area contributed by atoms with Crippen molar-refractivity contribution >= 4 is 23.0 Å². The number of Topliss-reactive ketones (excluding diaryl/α,β-unsaturated/α-hetero) is 1. The van der Waals surface area contributed by atoms with Gasteiger partial charge in [0.05, 0.1) is 0 Å². The molecule has 0 bridgehead atoms. The number of carbonyl (C=O) groups excluding carboxylic acids is 2. The summed E-state index contributed by atoms with van der Waals surface area (Å²) in [6.45, 7) is 0. The molecule has 2 heterocycles. The van der Waals surface area contributed by atoms with Crippen molar-refractivity contribution in [3.05, 3.63) is 69.6 Å². The van der Waals surface area contributed by atoms with Crippen molar-refractivity contribution in [2.45, 2.75) is 31.1 Å². The Hall–Kier alpha value is -2.24. The highest BCUT2D eigenvalue weighted by molar-refractivity contribution is 7.08. The summed E-state index contributed by atoms with van der Waals surface area (Å²) in [7, 11) is 3.73. The summed E-state index contributed by atoms with van der Waals surface area (Å²) in [5.41, 5.74) is 3.97. The first-order chi connectivity index (χ1) is 12.6. The highest BCUT2D eigenvalue weighted by atomic mass is 32.1. The van der Waals surface area contributed by atoms with Crippen molar-refractivity contribution in [3.63, 3.8) is 0 Å². The second kappa shape index (κ2) is 6.82. The highest BCUT2D eigenvalue weighted by Crippen LogP contribution is 2.46. The molecule has 0 saturated heterocycles. The molecule has 1 aromatic heterocycles. The Labute approximate surface area is 157 Å². The lowest BCUT2D eigenvalue weighted by molar-refractivity contribution is -0.143. The van der Waals surface area contributed by atoms with Crippen LogP contribution >= 0.6 is 11.3 Å². The first kappa shape index (κ1) is 17.2. The van der Waals surface area contributed by atoms with Crippen molar-refractivity contribution in [3.8, 4) is 0 Å². The molecule has 0 fully saturated rings. The van der Waals surface area contributed by atoms with E-state index in [1.54, 1.807) is 16.3 Å². The van der Waals surface area contributed by atoms with Crippen LogP contribution in [0.1, 0.15) is 42.2 Å². The van der Waals surface area contributed by atoms with E-state index in [0.717, 1.165) is 28.8 Å². The molecule has 0 unspecified atom stereocenters. The van der Waals surface area contributed by atoms with Crippen molar-refractivity contribution in [1.82, 2.24) is 10.0 Å². The summed E-state index contributed by atoms with van der Waals surface area (Å²) in [6.07, 6.45) is 1.59. The van der Waals surface area contributed by atoms with E-state index in [2.05, 4.69) is 17.5 Å². The molecular formula is C21H22N2O2S. The SMILES string of the molecule is CN(C)N1C(=O)C[C@H](c2ccsc2)C2=C1C[C@@H](c1ccccc1)CC2=O. The fourth-order valence-corrected chi connectivity index (χ4v) is 4.92. The maximum atomic E-state index is 13.2. The Balaban J connectivity index is 1.80. The second-order valence-corrected chi connectivity index (χ2v) is 7.95. The van der Waals surface area contributed by atoms with Gasteiger partial charge < -0.3 is 0 Å². The number of nitrogens with zero attached hydrogens (tertiary/aromatic N) is 2. The van der Waals surface area contributed by atoms with Crippen LogP contribution in [0, 0.1) is 0 Å². The Morgan fingerprint density at radius 1 is 1.00 bits per heavy atom. The van der Waals surface area contributed by atoms with Crippen LogP contribution in [0.15, 0.2) is 58.4 Å². The van der Waals surface area contributed by atoms with Crippen molar-refractivity contribution < 1.29 is 9.59 Å². The first-order valence-electron chi connectivity index (χ1n) is 8.89. The van der Waals surface area contributed by atoms with E-state index >= 15 is 0 Å². The van der Waals surface area contributed by atoms with E-state index in [9.17, 15) is 9.59 Å². The smallest absolute Gasteiger partial charge is 0.242 e. The van der Waals surface area contributed by atoms with Crippen LogP contribution in [-0.4, -0.2) is 35.8 Å². The van der Waals surface area contributed by atoms with Gasteiger partial charge in [-0.2, -0.15) is 11.3 Å². The molecular weight excluding hydrogens is 344 g/mol. The number of ketones is 1. The van der Waals surface area contributed by atoms with Crippen LogP contribution in [0.3, 0.4) is 0 Å². The number of hydrazine groups is 1. The number of rotatable bonds is 3. The zero-order valence-electron chi connectivity index (χ0n) is 15.0. The summed E-state index contributed by atoms with van der Waals surface area (Å²) in [6, 6.07) is 12.2. The van der Waals surface area contributed by atoms with Crippen molar-refractivity contribution in [2.24, 2.45) is 0 Å². The Kier molecular flexibility index (Phi) is 4.51. The minimum Gasteiger partial charge on any atom is -0.294 e. The quantitative estimate of drug-likeness (QED) is 0.826. The van der Waals surface area contributed by atoms with Crippen LogP contribution in [0.25, 0.3) is 0 Å². The van der Waals surface area contributed by atoms with Crippen LogP contribution in [0.2, 0.25) is 0 Å². The van der Waals surface area contributed by atoms with E-state index in [1.165, 1.54) is 0 Å². The Morgan fingerprint density at radius 2 is 1.77 bits per heavy atom. The van der Waals surface area contributed by atoms with Gasteiger partial charge in [0.2, 0.25) is 5.91 Å². The summed E-state index contributed by atoms with van der Waals surface area (Å²) in [4.78, 5) is 26.1. The van der Waals surface area contributed by atoms with Gasteiger partial charge in [-0.15, -0.1) is 0 Å². The minimum absolute atomic E-state index is 0.0615.